The summed E-state index contributed by atoms with van der Waals surface area (Å²) in [5.74, 6) is -1.34. The van der Waals surface area contributed by atoms with Gasteiger partial charge in [0.25, 0.3) is 17.0 Å². The number of hydrogen-bond donors (Lipinski definition) is 3. The van der Waals surface area contributed by atoms with Crippen molar-refractivity contribution >= 4 is 45.9 Å². The molecule has 1 atom stereocenters. The number of nitrogens with one attached hydrogen (secondary N) is 2. The Kier molecular flexibility index (Phi) is 11.0. The number of fused-ring (bicyclic) bond motifs is 3. The molecule has 18 heteroatoms. The highest BCUT2D eigenvalue weighted by molar-refractivity contribution is 6.05. The molecule has 0 saturated carbocycles. The summed E-state index contributed by atoms with van der Waals surface area (Å²) in [6, 6.07) is 12.9. The Morgan fingerprint density at radius 1 is 1.00 bits per heavy atom. The van der Waals surface area contributed by atoms with Gasteiger partial charge in [-0.1, -0.05) is 32.9 Å². The fourth-order valence-corrected chi connectivity index (χ4v) is 9.01. The topological polar surface area (TPSA) is 207 Å². The highest BCUT2D eigenvalue weighted by Gasteiger charge is 2.40. The summed E-state index contributed by atoms with van der Waals surface area (Å²) in [6.07, 6.45) is 6.31. The Bertz CT molecular complexity index is 3090. The van der Waals surface area contributed by atoms with Crippen molar-refractivity contribution in [3.05, 3.63) is 127 Å². The zero-order valence-electron chi connectivity index (χ0n) is 36.4. The lowest BCUT2D eigenvalue weighted by molar-refractivity contribution is -0.137. The molecule has 17 nitrogen and oxygen atoms in total. The van der Waals surface area contributed by atoms with Gasteiger partial charge in [0, 0.05) is 73.5 Å². The van der Waals surface area contributed by atoms with Gasteiger partial charge in [-0.15, -0.1) is 0 Å². The number of pyridine rings is 2. The normalized spacial score (nSPS) is 16.2. The quantitative estimate of drug-likeness (QED) is 0.167. The molecule has 4 amide bonds. The monoisotopic (exact) mass is 882 g/mol. The fraction of sp³-hybridized carbons (Fsp3) is 0.340. The van der Waals surface area contributed by atoms with E-state index >= 15 is 4.39 Å². The first kappa shape index (κ1) is 42.9. The summed E-state index contributed by atoms with van der Waals surface area (Å²) in [6.45, 7) is 6.75. The van der Waals surface area contributed by atoms with Crippen LogP contribution in [-0.4, -0.2) is 80.2 Å². The van der Waals surface area contributed by atoms with Gasteiger partial charge in [-0.2, -0.15) is 14.9 Å². The van der Waals surface area contributed by atoms with E-state index in [0.717, 1.165) is 21.5 Å². The number of anilines is 2. The summed E-state index contributed by atoms with van der Waals surface area (Å²) < 4.78 is 19.7. The number of benzene rings is 2. The molecule has 1 unspecified atom stereocenters. The molecule has 0 radical (unpaired) electrons. The third kappa shape index (κ3) is 7.98. The molecule has 1 saturated heterocycles. The molecule has 2 aromatic carbocycles. The fourth-order valence-electron chi connectivity index (χ4n) is 9.01. The molecular weight excluding hydrogens is 836 g/mol. The summed E-state index contributed by atoms with van der Waals surface area (Å²) in [4.78, 5) is 85.9. The molecule has 3 N–H and O–H groups in total. The molecule has 1 fully saturated rings. The average molecular weight is 883 g/mol. The number of rotatable bonds is 10. The minimum absolute atomic E-state index is 0.0128. The van der Waals surface area contributed by atoms with Crippen molar-refractivity contribution in [2.75, 3.05) is 11.9 Å². The van der Waals surface area contributed by atoms with Gasteiger partial charge in [0.1, 0.15) is 17.5 Å². The smallest absolute Gasteiger partial charge is 0.283 e. The van der Waals surface area contributed by atoms with Crippen molar-refractivity contribution in [1.29, 1.82) is 0 Å². The summed E-state index contributed by atoms with van der Waals surface area (Å²) in [5, 5.41) is 25.3. The largest absolute Gasteiger partial charge is 0.392 e. The highest BCUT2D eigenvalue weighted by Crippen LogP contribution is 2.33. The zero-order valence-corrected chi connectivity index (χ0v) is 36.4. The van der Waals surface area contributed by atoms with E-state index in [1.807, 2.05) is 32.9 Å². The number of halogens is 1. The maximum Gasteiger partial charge on any atom is 0.283 e. The van der Waals surface area contributed by atoms with E-state index in [1.165, 1.54) is 27.9 Å². The molecule has 3 aliphatic rings. The van der Waals surface area contributed by atoms with E-state index in [4.69, 9.17) is 0 Å². The Labute approximate surface area is 371 Å². The van der Waals surface area contributed by atoms with Crippen LogP contribution in [0.5, 0.6) is 0 Å². The number of carbonyl (C=O) groups excluding carboxylic acids is 4. The van der Waals surface area contributed by atoms with Crippen molar-refractivity contribution in [3.8, 4) is 16.9 Å². The van der Waals surface area contributed by atoms with Crippen LogP contribution in [0.3, 0.4) is 0 Å². The van der Waals surface area contributed by atoms with Crippen molar-refractivity contribution in [2.45, 2.75) is 90.6 Å². The Morgan fingerprint density at radius 3 is 2.58 bits per heavy atom. The number of imide groups is 1. The van der Waals surface area contributed by atoms with Crippen LogP contribution in [0.15, 0.2) is 76.7 Å². The van der Waals surface area contributed by atoms with Crippen molar-refractivity contribution in [2.24, 2.45) is 7.05 Å². The second-order valence-electron chi connectivity index (χ2n) is 17.8. The van der Waals surface area contributed by atoms with Gasteiger partial charge < -0.3 is 24.8 Å². The average Bonchev–Trinajstić information content (AvgIpc) is 3.84. The minimum Gasteiger partial charge on any atom is -0.392 e. The molecule has 4 aromatic heterocycles. The standard InChI is InChI=1S/C47H47FN10O7/c1-47(2,3)29-17-27-21-50-58(46(65)41(27)35(48)19-29)42-34(25-59)31(13-14-49-42)28-18-36(45(64)54(4)22-28)51-38-20-30-23-55(15-16-57(30)53-38)40(61)10-6-8-26-7-5-9-32-33(26)24-56(44(32)63)37-11-12-39(60)52-43(37)62/h5,7,9,13-14,17-22,37,59H,6,8,10-12,15-16,23-25H2,1-4H3,(H,51,53)(H,52,60,62). The summed E-state index contributed by atoms with van der Waals surface area (Å²) >= 11 is 0. The van der Waals surface area contributed by atoms with Crippen molar-refractivity contribution in [3.63, 3.8) is 0 Å². The number of amides is 4. The second-order valence-corrected chi connectivity index (χ2v) is 17.8. The molecule has 0 spiro atoms. The molecule has 334 valence electrons. The first-order valence-electron chi connectivity index (χ1n) is 21.5. The first-order chi connectivity index (χ1) is 31.1. The van der Waals surface area contributed by atoms with E-state index in [2.05, 4.69) is 25.8 Å². The minimum atomic E-state index is -0.734. The van der Waals surface area contributed by atoms with E-state index < -0.39 is 29.9 Å². The molecule has 9 rings (SSSR count). The molecule has 3 aliphatic heterocycles. The van der Waals surface area contributed by atoms with Gasteiger partial charge in [-0.3, -0.25) is 38.8 Å². The Balaban J connectivity index is 0.885. The maximum atomic E-state index is 15.5. The third-order valence-electron chi connectivity index (χ3n) is 12.5. The van der Waals surface area contributed by atoms with Gasteiger partial charge in [0.15, 0.2) is 11.6 Å². The van der Waals surface area contributed by atoms with Gasteiger partial charge in [-0.25, -0.2) is 9.37 Å². The van der Waals surface area contributed by atoms with Crippen LogP contribution in [0.4, 0.5) is 15.9 Å². The number of carbonyl (C=O) groups is 4. The van der Waals surface area contributed by atoms with Gasteiger partial charge in [0.2, 0.25) is 17.7 Å². The van der Waals surface area contributed by atoms with E-state index in [9.17, 15) is 33.9 Å². The van der Waals surface area contributed by atoms with Gasteiger partial charge >= 0.3 is 0 Å². The lowest BCUT2D eigenvalue weighted by Crippen LogP contribution is -2.52. The Morgan fingerprint density at radius 2 is 1.82 bits per heavy atom. The summed E-state index contributed by atoms with van der Waals surface area (Å²) in [7, 11) is 1.59. The molecule has 7 heterocycles. The molecular formula is C47H47FN10O7. The number of nitrogens with zero attached hydrogens (tertiary/aromatic N) is 8. The lowest BCUT2D eigenvalue weighted by Gasteiger charge is -2.29. The zero-order chi connectivity index (χ0) is 45.9. The highest BCUT2D eigenvalue weighted by atomic mass is 19.1. The SMILES string of the molecule is Cn1cc(-c2ccnc(-n3ncc4cc(C(C)(C)C)cc(F)c4c3=O)c2CO)cc(Nc2cc3n(n2)CCN(C(=O)CCCc2cccc4c2CN(C2CCC(=O)NC2=O)C4=O)C3)c1=O. The van der Waals surface area contributed by atoms with Crippen LogP contribution >= 0.6 is 0 Å². The molecule has 0 bridgehead atoms. The summed E-state index contributed by atoms with van der Waals surface area (Å²) in [5.41, 5.74) is 3.76. The maximum absolute atomic E-state index is 15.5. The second kappa shape index (κ2) is 16.7. The lowest BCUT2D eigenvalue weighted by atomic mass is 9.86. The van der Waals surface area contributed by atoms with Crippen LogP contribution in [0.25, 0.3) is 27.7 Å². The van der Waals surface area contributed by atoms with Crippen LogP contribution in [0.2, 0.25) is 0 Å². The third-order valence-corrected chi connectivity index (χ3v) is 12.5. The first-order valence-corrected chi connectivity index (χ1v) is 21.5. The predicted octanol–water partition coefficient (Wildman–Crippen LogP) is 4.14. The molecule has 65 heavy (non-hydrogen) atoms. The van der Waals surface area contributed by atoms with E-state index in [1.54, 1.807) is 53.2 Å². The Hall–Kier alpha value is -7.34. The number of hydrogen-bond acceptors (Lipinski definition) is 11. The van der Waals surface area contributed by atoms with Crippen LogP contribution in [-0.2, 0) is 59.5 Å². The van der Waals surface area contributed by atoms with Gasteiger partial charge in [-0.05, 0) is 77.3 Å². The van der Waals surface area contributed by atoms with Crippen molar-refractivity contribution in [1.82, 2.24) is 44.2 Å². The number of aromatic nitrogens is 6. The van der Waals surface area contributed by atoms with Gasteiger partial charge in [0.05, 0.1) is 37.0 Å². The van der Waals surface area contributed by atoms with Crippen LogP contribution < -0.4 is 21.8 Å². The van der Waals surface area contributed by atoms with E-state index in [-0.39, 0.29) is 77.0 Å². The number of aliphatic hydroxyl groups is 1. The van der Waals surface area contributed by atoms with Crippen molar-refractivity contribution < 1.29 is 28.7 Å². The van der Waals surface area contributed by atoms with Crippen LogP contribution in [0.1, 0.15) is 84.8 Å². The molecule has 6 aromatic rings. The number of aliphatic hydroxyl groups excluding tert-OH is 1. The van der Waals surface area contributed by atoms with Crippen LogP contribution in [0, 0.1) is 5.82 Å². The number of aryl methyl sites for hydroxylation is 2. The molecule has 0 aliphatic carbocycles. The predicted molar refractivity (Wildman–Crippen MR) is 237 cm³/mol. The van der Waals surface area contributed by atoms with E-state index in [0.29, 0.717) is 65.9 Å². The number of piperidine rings is 1.